The lowest BCUT2D eigenvalue weighted by atomic mass is 10.0. The molecule has 0 spiro atoms. The Morgan fingerprint density at radius 2 is 1.97 bits per heavy atom. The summed E-state index contributed by atoms with van der Waals surface area (Å²) < 4.78 is 5.39. The van der Waals surface area contributed by atoms with Crippen LogP contribution in [0.5, 0.6) is 0 Å². The van der Waals surface area contributed by atoms with Crippen LogP contribution in [-0.2, 0) is 15.1 Å². The van der Waals surface area contributed by atoms with E-state index < -0.39 is 5.60 Å². The van der Waals surface area contributed by atoms with Crippen LogP contribution in [0, 0.1) is 0 Å². The fraction of sp³-hybridized carbons (Fsp3) is 0.500. The zero-order chi connectivity index (χ0) is 20.4. The maximum absolute atomic E-state index is 12.5. The average Bonchev–Trinajstić information content (AvgIpc) is 2.73. The van der Waals surface area contributed by atoms with Crippen molar-refractivity contribution in [2.24, 2.45) is 0 Å². The molecule has 4 heterocycles. The zero-order valence-electron chi connectivity index (χ0n) is 16.8. The zero-order valence-corrected chi connectivity index (χ0v) is 16.8. The number of amides is 1. The van der Waals surface area contributed by atoms with Gasteiger partial charge in [0, 0.05) is 37.9 Å². The lowest BCUT2D eigenvalue weighted by Crippen LogP contribution is -2.47. The molecule has 0 saturated carbocycles. The van der Waals surface area contributed by atoms with Crippen molar-refractivity contribution in [1.82, 2.24) is 19.9 Å². The number of aliphatic hydroxyl groups is 1. The molecule has 4 rings (SSSR count). The van der Waals surface area contributed by atoms with Crippen LogP contribution in [0.2, 0.25) is 0 Å². The molecule has 0 unspecified atom stereocenters. The predicted molar refractivity (Wildman–Crippen MR) is 109 cm³/mol. The maximum Gasteiger partial charge on any atom is 0.247 e. The highest BCUT2D eigenvalue weighted by Crippen LogP contribution is 2.29. The highest BCUT2D eigenvalue weighted by atomic mass is 16.5. The second-order valence-corrected chi connectivity index (χ2v) is 7.77. The van der Waals surface area contributed by atoms with Crippen molar-refractivity contribution >= 4 is 17.5 Å². The number of hydrogen-bond donors (Lipinski definition) is 2. The first kappa shape index (κ1) is 19.7. The lowest BCUT2D eigenvalue weighted by molar-refractivity contribution is -0.117. The summed E-state index contributed by atoms with van der Waals surface area (Å²) in [5, 5.41) is 13.1. The number of carbonyl (C=O) groups excluding carboxylic acids is 1. The van der Waals surface area contributed by atoms with E-state index >= 15 is 0 Å². The molecule has 9 nitrogen and oxygen atoms in total. The summed E-state index contributed by atoms with van der Waals surface area (Å²) in [6.07, 6.45) is 3.34. The number of morpholine rings is 1. The number of nitrogens with one attached hydrogen (secondary N) is 1. The summed E-state index contributed by atoms with van der Waals surface area (Å²) in [5.74, 6) is 1.13. The normalized spacial score (nSPS) is 17.8. The third kappa shape index (κ3) is 4.36. The van der Waals surface area contributed by atoms with Crippen LogP contribution in [0.3, 0.4) is 0 Å². The fourth-order valence-corrected chi connectivity index (χ4v) is 3.41. The van der Waals surface area contributed by atoms with Gasteiger partial charge in [0.25, 0.3) is 0 Å². The number of hydrogen-bond acceptors (Lipinski definition) is 8. The van der Waals surface area contributed by atoms with Crippen LogP contribution < -0.4 is 10.2 Å². The van der Waals surface area contributed by atoms with Gasteiger partial charge in [-0.15, -0.1) is 0 Å². The number of nitrogens with zero attached hydrogens (tertiary/aromatic N) is 5. The molecule has 2 aliphatic rings. The molecular weight excluding hydrogens is 372 g/mol. The van der Waals surface area contributed by atoms with E-state index in [1.165, 1.54) is 0 Å². The third-order valence-corrected chi connectivity index (χ3v) is 5.15. The molecule has 0 aliphatic carbocycles. The summed E-state index contributed by atoms with van der Waals surface area (Å²) in [6, 6.07) is 3.63. The quantitative estimate of drug-likeness (QED) is 0.764. The van der Waals surface area contributed by atoms with E-state index in [0.717, 1.165) is 38.4 Å². The molecule has 0 radical (unpaired) electrons. The van der Waals surface area contributed by atoms with Crippen molar-refractivity contribution in [3.8, 4) is 11.3 Å². The molecule has 0 bridgehead atoms. The second-order valence-electron chi connectivity index (χ2n) is 7.77. The third-order valence-electron chi connectivity index (χ3n) is 5.15. The molecule has 2 N–H and O–H groups in total. The van der Waals surface area contributed by atoms with E-state index in [9.17, 15) is 9.90 Å². The summed E-state index contributed by atoms with van der Waals surface area (Å²) in [7, 11) is 0. The summed E-state index contributed by atoms with van der Waals surface area (Å²) in [5.41, 5.74) is 0.981. The smallest absolute Gasteiger partial charge is 0.247 e. The monoisotopic (exact) mass is 398 g/mol. The van der Waals surface area contributed by atoms with Crippen molar-refractivity contribution in [1.29, 1.82) is 0 Å². The predicted octanol–water partition coefficient (Wildman–Crippen LogP) is 0.857. The van der Waals surface area contributed by atoms with Gasteiger partial charge in [-0.05, 0) is 26.0 Å². The van der Waals surface area contributed by atoms with Gasteiger partial charge in [0.2, 0.25) is 5.91 Å². The van der Waals surface area contributed by atoms with Crippen molar-refractivity contribution in [2.45, 2.75) is 19.4 Å². The molecule has 0 atom stereocenters. The highest BCUT2D eigenvalue weighted by Gasteiger charge is 2.27. The van der Waals surface area contributed by atoms with Gasteiger partial charge in [0.1, 0.15) is 5.60 Å². The molecule has 154 valence electrons. The van der Waals surface area contributed by atoms with Crippen LogP contribution in [-0.4, -0.2) is 76.8 Å². The topological polar surface area (TPSA) is 104 Å². The van der Waals surface area contributed by atoms with Crippen molar-refractivity contribution < 1.29 is 14.6 Å². The number of aromatic nitrogens is 3. The Bertz CT molecular complexity index is 875. The molecule has 2 aliphatic heterocycles. The van der Waals surface area contributed by atoms with Crippen molar-refractivity contribution in [3.05, 3.63) is 30.2 Å². The van der Waals surface area contributed by atoms with E-state index in [4.69, 9.17) is 9.72 Å². The van der Waals surface area contributed by atoms with E-state index in [0.29, 0.717) is 29.6 Å². The molecule has 2 aromatic rings. The Balaban J connectivity index is 1.56. The van der Waals surface area contributed by atoms with Crippen LogP contribution in [0.4, 0.5) is 11.6 Å². The van der Waals surface area contributed by atoms with Gasteiger partial charge in [0.05, 0.1) is 37.3 Å². The maximum atomic E-state index is 12.5. The van der Waals surface area contributed by atoms with E-state index in [1.807, 2.05) is 6.07 Å². The summed E-state index contributed by atoms with van der Waals surface area (Å²) >= 11 is 0. The molecule has 1 fully saturated rings. The minimum absolute atomic E-state index is 0.0206. The van der Waals surface area contributed by atoms with E-state index in [2.05, 4.69) is 20.2 Å². The van der Waals surface area contributed by atoms with E-state index in [1.54, 1.807) is 37.2 Å². The van der Waals surface area contributed by atoms with Gasteiger partial charge in [-0.2, -0.15) is 0 Å². The molecule has 0 aromatic carbocycles. The first-order chi connectivity index (χ1) is 13.9. The highest BCUT2D eigenvalue weighted by molar-refractivity contribution is 6.00. The van der Waals surface area contributed by atoms with Gasteiger partial charge in [0.15, 0.2) is 11.6 Å². The van der Waals surface area contributed by atoms with Gasteiger partial charge in [-0.25, -0.2) is 9.97 Å². The molecule has 1 saturated heterocycles. The van der Waals surface area contributed by atoms with Gasteiger partial charge < -0.3 is 15.2 Å². The summed E-state index contributed by atoms with van der Waals surface area (Å²) in [4.78, 5) is 30.0. The number of anilines is 2. The molecule has 2 aromatic heterocycles. The molecule has 9 heteroatoms. The standard InChI is InChI=1S/C20H26N6O3/c1-20(2,28)16-4-3-14(11-21-16)15-12-22-18-19(24-15)26(17(27)13-23-18)6-5-25-7-9-29-10-8-25/h3-4,11-12,28H,5-10,13H2,1-2H3,(H,22,23). The average molecular weight is 398 g/mol. The van der Waals surface area contributed by atoms with Crippen LogP contribution >= 0.6 is 0 Å². The first-order valence-electron chi connectivity index (χ1n) is 9.82. The van der Waals surface area contributed by atoms with Gasteiger partial charge in [-0.1, -0.05) is 0 Å². The Hall–Kier alpha value is -2.62. The minimum Gasteiger partial charge on any atom is -0.384 e. The molecule has 1 amide bonds. The van der Waals surface area contributed by atoms with Crippen molar-refractivity contribution in [3.63, 3.8) is 0 Å². The Morgan fingerprint density at radius 3 is 2.66 bits per heavy atom. The molecular formula is C20H26N6O3. The number of carbonyl (C=O) groups is 1. The van der Waals surface area contributed by atoms with Crippen molar-refractivity contribution in [2.75, 3.05) is 56.2 Å². The second kappa shape index (κ2) is 8.02. The summed E-state index contributed by atoms with van der Waals surface area (Å²) in [6.45, 7) is 8.12. The minimum atomic E-state index is -1.01. The number of ether oxygens (including phenoxy) is 1. The first-order valence-corrected chi connectivity index (χ1v) is 9.82. The number of rotatable bonds is 5. The Kier molecular flexibility index (Phi) is 5.44. The largest absolute Gasteiger partial charge is 0.384 e. The van der Waals surface area contributed by atoms with E-state index in [-0.39, 0.29) is 12.5 Å². The lowest BCUT2D eigenvalue weighted by Gasteiger charge is -2.32. The van der Waals surface area contributed by atoms with Gasteiger partial charge in [-0.3, -0.25) is 19.6 Å². The SMILES string of the molecule is CC(C)(O)c1ccc(-c2cnc3c(n2)N(CCN2CCOCC2)C(=O)CN3)cn1. The number of fused-ring (bicyclic) bond motifs is 1. The van der Waals surface area contributed by atoms with Crippen LogP contribution in [0.25, 0.3) is 11.3 Å². The Labute approximate surface area is 169 Å². The van der Waals surface area contributed by atoms with Gasteiger partial charge >= 0.3 is 0 Å². The molecule has 29 heavy (non-hydrogen) atoms. The fourth-order valence-electron chi connectivity index (χ4n) is 3.41. The number of pyridine rings is 1. The Morgan fingerprint density at radius 1 is 1.17 bits per heavy atom. The van der Waals surface area contributed by atoms with Crippen LogP contribution in [0.1, 0.15) is 19.5 Å². The van der Waals surface area contributed by atoms with Crippen LogP contribution in [0.15, 0.2) is 24.5 Å².